The van der Waals surface area contributed by atoms with Crippen LogP contribution in [0.15, 0.2) is 18.2 Å². The maximum Gasteiger partial charge on any atom is 0.129 e. The van der Waals surface area contributed by atoms with E-state index in [1.807, 2.05) is 12.1 Å². The summed E-state index contributed by atoms with van der Waals surface area (Å²) in [7, 11) is 1.69. The lowest BCUT2D eigenvalue weighted by Crippen LogP contribution is -2.48. The smallest absolute Gasteiger partial charge is 0.129 e. The largest absolute Gasteiger partial charge is 0.497 e. The van der Waals surface area contributed by atoms with E-state index in [9.17, 15) is 0 Å². The predicted molar refractivity (Wildman–Crippen MR) is 82.9 cm³/mol. The lowest BCUT2D eigenvalue weighted by atomic mass is 9.75. The van der Waals surface area contributed by atoms with Crippen molar-refractivity contribution in [2.75, 3.05) is 7.11 Å². The zero-order chi connectivity index (χ0) is 15.0. The van der Waals surface area contributed by atoms with Gasteiger partial charge in [0, 0.05) is 17.5 Å². The van der Waals surface area contributed by atoms with Gasteiger partial charge in [0.25, 0.3) is 0 Å². The van der Waals surface area contributed by atoms with Crippen LogP contribution in [0.5, 0.6) is 11.5 Å². The molecule has 116 valence electrons. The first-order chi connectivity index (χ1) is 10.0. The van der Waals surface area contributed by atoms with Gasteiger partial charge in [-0.1, -0.05) is 13.3 Å². The number of hydrogen-bond acceptors (Lipinski definition) is 3. The van der Waals surface area contributed by atoms with Crippen LogP contribution in [0.2, 0.25) is 0 Å². The lowest BCUT2D eigenvalue weighted by Gasteiger charge is -2.48. The predicted octanol–water partition coefficient (Wildman–Crippen LogP) is 4.50. The fraction of sp³-hybridized carbons (Fsp3) is 0.667. The second-order valence-electron chi connectivity index (χ2n) is 6.76. The normalized spacial score (nSPS) is 30.0. The molecule has 0 amide bonds. The molecule has 1 aromatic carbocycles. The molecule has 0 aliphatic carbocycles. The number of ether oxygens (including phenoxy) is 3. The SMILES string of the molecule is CCC[C@@H]1CC[C@@H]2[C@@H](O1)c1ccc(OC)cc1OC2(C)C. The van der Waals surface area contributed by atoms with Gasteiger partial charge in [-0.3, -0.25) is 0 Å². The highest BCUT2D eigenvalue weighted by Gasteiger charge is 2.47. The van der Waals surface area contributed by atoms with Crippen LogP contribution in [-0.2, 0) is 4.74 Å². The zero-order valence-corrected chi connectivity index (χ0v) is 13.5. The van der Waals surface area contributed by atoms with Crippen LogP contribution in [0.1, 0.15) is 58.1 Å². The van der Waals surface area contributed by atoms with Gasteiger partial charge in [-0.05, 0) is 45.2 Å². The van der Waals surface area contributed by atoms with Gasteiger partial charge in [0.1, 0.15) is 17.1 Å². The summed E-state index contributed by atoms with van der Waals surface area (Å²) in [5.41, 5.74) is 0.988. The summed E-state index contributed by atoms with van der Waals surface area (Å²) in [4.78, 5) is 0. The molecular formula is C18H26O3. The molecular weight excluding hydrogens is 264 g/mol. The van der Waals surface area contributed by atoms with Crippen molar-refractivity contribution in [3.05, 3.63) is 23.8 Å². The van der Waals surface area contributed by atoms with E-state index >= 15 is 0 Å². The molecule has 0 spiro atoms. The van der Waals surface area contributed by atoms with E-state index in [2.05, 4.69) is 26.8 Å². The molecule has 1 saturated heterocycles. The summed E-state index contributed by atoms with van der Waals surface area (Å²) in [6, 6.07) is 6.10. The molecule has 0 saturated carbocycles. The van der Waals surface area contributed by atoms with E-state index in [4.69, 9.17) is 14.2 Å². The Morgan fingerprint density at radius 1 is 1.29 bits per heavy atom. The van der Waals surface area contributed by atoms with Gasteiger partial charge in [0.05, 0.1) is 19.3 Å². The zero-order valence-electron chi connectivity index (χ0n) is 13.5. The third kappa shape index (κ3) is 2.64. The van der Waals surface area contributed by atoms with E-state index in [-0.39, 0.29) is 11.7 Å². The molecule has 1 aromatic rings. The topological polar surface area (TPSA) is 27.7 Å². The quantitative estimate of drug-likeness (QED) is 0.820. The van der Waals surface area contributed by atoms with Crippen LogP contribution in [0.3, 0.4) is 0 Å². The summed E-state index contributed by atoms with van der Waals surface area (Å²) in [6.45, 7) is 6.58. The van der Waals surface area contributed by atoms with E-state index in [0.29, 0.717) is 12.0 Å². The number of hydrogen-bond donors (Lipinski definition) is 0. The van der Waals surface area contributed by atoms with Gasteiger partial charge in [-0.2, -0.15) is 0 Å². The van der Waals surface area contributed by atoms with Crippen molar-refractivity contribution < 1.29 is 14.2 Å². The molecule has 0 radical (unpaired) electrons. The molecule has 2 aliphatic heterocycles. The van der Waals surface area contributed by atoms with Crippen LogP contribution in [0.4, 0.5) is 0 Å². The number of methoxy groups -OCH3 is 1. The standard InChI is InChI=1S/C18H26O3/c1-5-6-12-8-10-15-17(20-12)14-9-7-13(19-4)11-16(14)21-18(15,2)3/h7,9,11-12,15,17H,5-6,8,10H2,1-4H3/t12-,15-,17+/m1/s1. The van der Waals surface area contributed by atoms with Gasteiger partial charge >= 0.3 is 0 Å². The molecule has 3 atom stereocenters. The van der Waals surface area contributed by atoms with E-state index < -0.39 is 0 Å². The Kier molecular flexibility index (Phi) is 3.87. The molecule has 0 unspecified atom stereocenters. The summed E-state index contributed by atoms with van der Waals surface area (Å²) >= 11 is 0. The second-order valence-corrected chi connectivity index (χ2v) is 6.76. The molecule has 3 rings (SSSR count). The molecule has 2 aliphatic rings. The van der Waals surface area contributed by atoms with Crippen LogP contribution in [0, 0.1) is 5.92 Å². The monoisotopic (exact) mass is 290 g/mol. The van der Waals surface area contributed by atoms with Gasteiger partial charge in [-0.15, -0.1) is 0 Å². The minimum absolute atomic E-state index is 0.153. The van der Waals surface area contributed by atoms with Crippen LogP contribution < -0.4 is 9.47 Å². The van der Waals surface area contributed by atoms with E-state index in [1.54, 1.807) is 7.11 Å². The minimum Gasteiger partial charge on any atom is -0.497 e. The van der Waals surface area contributed by atoms with Crippen molar-refractivity contribution >= 4 is 0 Å². The van der Waals surface area contributed by atoms with Gasteiger partial charge in [-0.25, -0.2) is 0 Å². The first-order valence-electron chi connectivity index (χ1n) is 8.07. The average molecular weight is 290 g/mol. The fourth-order valence-corrected chi connectivity index (χ4v) is 3.75. The van der Waals surface area contributed by atoms with Crippen LogP contribution in [0.25, 0.3) is 0 Å². The Morgan fingerprint density at radius 2 is 2.10 bits per heavy atom. The van der Waals surface area contributed by atoms with Gasteiger partial charge in [0.2, 0.25) is 0 Å². The van der Waals surface area contributed by atoms with Crippen molar-refractivity contribution in [1.29, 1.82) is 0 Å². The summed E-state index contributed by atoms with van der Waals surface area (Å²) in [5, 5.41) is 0. The van der Waals surface area contributed by atoms with Crippen molar-refractivity contribution in [3.8, 4) is 11.5 Å². The van der Waals surface area contributed by atoms with Crippen molar-refractivity contribution in [2.24, 2.45) is 5.92 Å². The van der Waals surface area contributed by atoms with E-state index in [0.717, 1.165) is 24.3 Å². The third-order valence-corrected chi connectivity index (χ3v) is 4.91. The number of benzene rings is 1. The summed E-state index contributed by atoms with van der Waals surface area (Å²) < 4.78 is 18.0. The van der Waals surface area contributed by atoms with Gasteiger partial charge in [0.15, 0.2) is 0 Å². The Bertz CT molecular complexity index is 509. The summed E-state index contributed by atoms with van der Waals surface area (Å²) in [6.07, 6.45) is 5.19. The van der Waals surface area contributed by atoms with Crippen molar-refractivity contribution in [2.45, 2.75) is 64.3 Å². The number of rotatable bonds is 3. The minimum atomic E-state index is -0.193. The molecule has 1 fully saturated rings. The Balaban J connectivity index is 1.95. The molecule has 0 N–H and O–H groups in total. The highest BCUT2D eigenvalue weighted by Crippen LogP contribution is 2.51. The second kappa shape index (κ2) is 5.53. The summed E-state index contributed by atoms with van der Waals surface area (Å²) in [5.74, 6) is 2.17. The Morgan fingerprint density at radius 3 is 2.81 bits per heavy atom. The molecule has 0 bridgehead atoms. The first-order valence-corrected chi connectivity index (χ1v) is 8.07. The molecule has 2 heterocycles. The third-order valence-electron chi connectivity index (χ3n) is 4.91. The Hall–Kier alpha value is -1.22. The number of fused-ring (bicyclic) bond motifs is 3. The molecule has 3 heteroatoms. The van der Waals surface area contributed by atoms with Crippen molar-refractivity contribution in [1.82, 2.24) is 0 Å². The highest BCUT2D eigenvalue weighted by atomic mass is 16.5. The Labute approximate surface area is 127 Å². The lowest BCUT2D eigenvalue weighted by molar-refractivity contribution is -0.151. The maximum atomic E-state index is 6.45. The average Bonchev–Trinajstić information content (AvgIpc) is 2.46. The fourth-order valence-electron chi connectivity index (χ4n) is 3.75. The molecule has 3 nitrogen and oxygen atoms in total. The first kappa shape index (κ1) is 14.7. The van der Waals surface area contributed by atoms with Crippen LogP contribution >= 0.6 is 0 Å². The van der Waals surface area contributed by atoms with Gasteiger partial charge < -0.3 is 14.2 Å². The van der Waals surface area contributed by atoms with Crippen molar-refractivity contribution in [3.63, 3.8) is 0 Å². The maximum absolute atomic E-state index is 6.45. The van der Waals surface area contributed by atoms with E-state index in [1.165, 1.54) is 18.4 Å². The molecule has 0 aromatic heterocycles. The highest BCUT2D eigenvalue weighted by molar-refractivity contribution is 5.44. The molecule has 21 heavy (non-hydrogen) atoms. The van der Waals surface area contributed by atoms with Crippen LogP contribution in [-0.4, -0.2) is 18.8 Å².